The Bertz CT molecular complexity index is 755. The molecule has 152 valence electrons. The molecule has 1 aliphatic heterocycles. The Kier molecular flexibility index (Phi) is 7.33. The lowest BCUT2D eigenvalue weighted by Crippen LogP contribution is -2.44. The summed E-state index contributed by atoms with van der Waals surface area (Å²) in [4.78, 5) is 14.6. The Hall–Kier alpha value is -2.51. The second kappa shape index (κ2) is 10.1. The van der Waals surface area contributed by atoms with Crippen LogP contribution in [0, 0.1) is 6.92 Å². The Balaban J connectivity index is 1.56. The third kappa shape index (κ3) is 5.50. The molecule has 0 saturated carbocycles. The van der Waals surface area contributed by atoms with Crippen molar-refractivity contribution in [3.63, 3.8) is 0 Å². The van der Waals surface area contributed by atoms with Crippen LogP contribution in [-0.4, -0.2) is 56.9 Å². The van der Waals surface area contributed by atoms with E-state index in [0.717, 1.165) is 24.6 Å². The van der Waals surface area contributed by atoms with Crippen LogP contribution < -0.4 is 14.8 Å². The number of ether oxygens (including phenoxy) is 3. The molecule has 1 aliphatic rings. The Morgan fingerprint density at radius 3 is 2.50 bits per heavy atom. The molecule has 2 aromatic rings. The summed E-state index contributed by atoms with van der Waals surface area (Å²) in [5, 5.41) is 2.96. The third-order valence-corrected chi connectivity index (χ3v) is 4.58. The third-order valence-electron chi connectivity index (χ3n) is 4.58. The molecule has 1 fully saturated rings. The quantitative estimate of drug-likeness (QED) is 0.712. The van der Waals surface area contributed by atoms with E-state index in [-0.39, 0.29) is 18.6 Å². The van der Waals surface area contributed by atoms with Crippen LogP contribution in [0.3, 0.4) is 0 Å². The Morgan fingerprint density at radius 1 is 1.14 bits per heavy atom. The van der Waals surface area contributed by atoms with Gasteiger partial charge < -0.3 is 23.9 Å². The first-order valence-electron chi connectivity index (χ1n) is 9.67. The van der Waals surface area contributed by atoms with Crippen LogP contribution in [0.25, 0.3) is 0 Å². The summed E-state index contributed by atoms with van der Waals surface area (Å²) >= 11 is 0. The van der Waals surface area contributed by atoms with Crippen LogP contribution >= 0.6 is 0 Å². The summed E-state index contributed by atoms with van der Waals surface area (Å²) in [6, 6.07) is 11.2. The van der Waals surface area contributed by atoms with Gasteiger partial charge in [-0.15, -0.1) is 0 Å². The molecule has 2 heterocycles. The van der Waals surface area contributed by atoms with Crippen LogP contribution in [0.15, 0.2) is 40.8 Å². The number of carbonyl (C=O) groups is 1. The first kappa shape index (κ1) is 20.2. The average Bonchev–Trinajstić information content (AvgIpc) is 3.14. The number of benzene rings is 1. The monoisotopic (exact) mass is 388 g/mol. The number of nitrogens with zero attached hydrogens (tertiary/aromatic N) is 1. The second-order valence-corrected chi connectivity index (χ2v) is 6.59. The van der Waals surface area contributed by atoms with E-state index >= 15 is 0 Å². The highest BCUT2D eigenvalue weighted by atomic mass is 16.5. The number of para-hydroxylation sites is 2. The van der Waals surface area contributed by atoms with Gasteiger partial charge in [0, 0.05) is 19.6 Å². The van der Waals surface area contributed by atoms with Crippen molar-refractivity contribution in [2.75, 3.05) is 46.1 Å². The smallest absolute Gasteiger partial charge is 0.258 e. The van der Waals surface area contributed by atoms with Gasteiger partial charge in [0.05, 0.1) is 25.9 Å². The maximum Gasteiger partial charge on any atom is 0.258 e. The second-order valence-electron chi connectivity index (χ2n) is 6.59. The molecule has 1 saturated heterocycles. The lowest BCUT2D eigenvalue weighted by atomic mass is 10.1. The van der Waals surface area contributed by atoms with Gasteiger partial charge in [-0.2, -0.15) is 0 Å². The minimum Gasteiger partial charge on any atom is -0.490 e. The zero-order chi connectivity index (χ0) is 19.8. The number of hydrogen-bond acceptors (Lipinski definition) is 6. The van der Waals surface area contributed by atoms with E-state index in [4.69, 9.17) is 18.6 Å². The van der Waals surface area contributed by atoms with E-state index in [9.17, 15) is 4.79 Å². The molecule has 1 atom stereocenters. The molecule has 1 N–H and O–H groups in total. The minimum atomic E-state index is -0.187. The van der Waals surface area contributed by atoms with Crippen LogP contribution in [0.2, 0.25) is 0 Å². The molecule has 3 rings (SSSR count). The predicted octanol–water partition coefficient (Wildman–Crippen LogP) is 2.56. The lowest BCUT2D eigenvalue weighted by Gasteiger charge is -2.33. The van der Waals surface area contributed by atoms with Crippen molar-refractivity contribution in [3.8, 4) is 11.5 Å². The zero-order valence-electron chi connectivity index (χ0n) is 16.5. The van der Waals surface area contributed by atoms with E-state index in [1.165, 1.54) is 0 Å². The van der Waals surface area contributed by atoms with Crippen molar-refractivity contribution in [2.24, 2.45) is 0 Å². The van der Waals surface area contributed by atoms with E-state index < -0.39 is 0 Å². The normalized spacial score (nSPS) is 15.8. The summed E-state index contributed by atoms with van der Waals surface area (Å²) in [7, 11) is 0. The maximum absolute atomic E-state index is 12.4. The minimum absolute atomic E-state index is 0.0303. The van der Waals surface area contributed by atoms with Crippen molar-refractivity contribution in [1.29, 1.82) is 0 Å². The molecular formula is C21H28N2O5. The van der Waals surface area contributed by atoms with E-state index in [2.05, 4.69) is 10.2 Å². The molecule has 0 radical (unpaired) electrons. The molecule has 1 amide bonds. The van der Waals surface area contributed by atoms with Gasteiger partial charge >= 0.3 is 0 Å². The van der Waals surface area contributed by atoms with Gasteiger partial charge in [0.25, 0.3) is 5.91 Å². The van der Waals surface area contributed by atoms with Crippen molar-refractivity contribution in [2.45, 2.75) is 19.9 Å². The maximum atomic E-state index is 12.4. The molecule has 1 aromatic carbocycles. The average molecular weight is 388 g/mol. The van der Waals surface area contributed by atoms with Gasteiger partial charge in [0.2, 0.25) is 0 Å². The van der Waals surface area contributed by atoms with Crippen molar-refractivity contribution in [1.82, 2.24) is 10.2 Å². The molecule has 0 aliphatic carbocycles. The predicted molar refractivity (Wildman–Crippen MR) is 105 cm³/mol. The zero-order valence-corrected chi connectivity index (χ0v) is 16.5. The van der Waals surface area contributed by atoms with Gasteiger partial charge in [-0.25, -0.2) is 0 Å². The number of furan rings is 1. The molecule has 7 heteroatoms. The van der Waals surface area contributed by atoms with Crippen LogP contribution in [-0.2, 0) is 9.53 Å². The van der Waals surface area contributed by atoms with Crippen LogP contribution in [0.4, 0.5) is 0 Å². The number of hydrogen-bond donors (Lipinski definition) is 1. The summed E-state index contributed by atoms with van der Waals surface area (Å²) in [6.07, 6.45) is 0. The first-order valence-corrected chi connectivity index (χ1v) is 9.67. The Morgan fingerprint density at radius 2 is 1.86 bits per heavy atom. The molecule has 7 nitrogen and oxygen atoms in total. The van der Waals surface area contributed by atoms with E-state index in [1.807, 2.05) is 44.2 Å². The topological polar surface area (TPSA) is 73.2 Å². The fourth-order valence-corrected chi connectivity index (χ4v) is 3.18. The van der Waals surface area contributed by atoms with Crippen LogP contribution in [0.5, 0.6) is 11.5 Å². The number of carbonyl (C=O) groups excluding carboxylic acids is 1. The molecule has 0 spiro atoms. The Labute approximate surface area is 165 Å². The van der Waals surface area contributed by atoms with Gasteiger partial charge in [-0.05, 0) is 38.1 Å². The molecule has 1 unspecified atom stereocenters. The number of nitrogens with one attached hydrogen (secondary N) is 1. The van der Waals surface area contributed by atoms with Crippen molar-refractivity contribution >= 4 is 5.91 Å². The number of amides is 1. The standard InChI is InChI=1S/C21H28N2O5/c1-3-26-19-6-4-5-7-20(19)27-15-21(24)22-14-17(18-9-8-16(2)28-18)23-10-12-25-13-11-23/h4-9,17H,3,10-15H2,1-2H3,(H,22,24). The van der Waals surface area contributed by atoms with Gasteiger partial charge in [0.1, 0.15) is 11.5 Å². The van der Waals surface area contributed by atoms with Crippen molar-refractivity contribution in [3.05, 3.63) is 47.9 Å². The number of aryl methyl sites for hydroxylation is 1. The van der Waals surface area contributed by atoms with Gasteiger partial charge in [0.15, 0.2) is 18.1 Å². The fourth-order valence-electron chi connectivity index (χ4n) is 3.18. The fraction of sp³-hybridized carbons (Fsp3) is 0.476. The number of rotatable bonds is 9. The summed E-state index contributed by atoms with van der Waals surface area (Å²) in [6.45, 7) is 7.71. The van der Waals surface area contributed by atoms with Gasteiger partial charge in [-0.1, -0.05) is 12.1 Å². The van der Waals surface area contributed by atoms with Crippen molar-refractivity contribution < 1.29 is 23.4 Å². The molecule has 0 bridgehead atoms. The SMILES string of the molecule is CCOc1ccccc1OCC(=O)NCC(c1ccc(C)o1)N1CCOCC1. The highest BCUT2D eigenvalue weighted by molar-refractivity contribution is 5.77. The molecular weight excluding hydrogens is 360 g/mol. The summed E-state index contributed by atoms with van der Waals surface area (Å²) in [5.41, 5.74) is 0. The summed E-state index contributed by atoms with van der Waals surface area (Å²) in [5.74, 6) is 2.71. The number of morpholine rings is 1. The van der Waals surface area contributed by atoms with E-state index in [1.54, 1.807) is 6.07 Å². The largest absolute Gasteiger partial charge is 0.490 e. The van der Waals surface area contributed by atoms with E-state index in [0.29, 0.717) is 37.9 Å². The lowest BCUT2D eigenvalue weighted by molar-refractivity contribution is -0.123. The van der Waals surface area contributed by atoms with Gasteiger partial charge in [-0.3, -0.25) is 9.69 Å². The molecule has 1 aromatic heterocycles. The highest BCUT2D eigenvalue weighted by Crippen LogP contribution is 2.26. The van der Waals surface area contributed by atoms with Crippen LogP contribution in [0.1, 0.15) is 24.5 Å². The highest BCUT2D eigenvalue weighted by Gasteiger charge is 2.25. The first-order chi connectivity index (χ1) is 13.7. The summed E-state index contributed by atoms with van der Waals surface area (Å²) < 4.78 is 22.4. The molecule has 28 heavy (non-hydrogen) atoms.